The molecule has 0 amide bonds. The van der Waals surface area contributed by atoms with Gasteiger partial charge in [0.25, 0.3) is 0 Å². The Kier molecular flexibility index (Phi) is 8.27. The molecule has 4 aliphatic rings. The molecule has 7 aromatic carbocycles. The minimum absolute atomic E-state index is 0.0446. The Morgan fingerprint density at radius 2 is 0.950 bits per heavy atom. The highest BCUT2D eigenvalue weighted by molar-refractivity contribution is 5.88. The molecule has 0 radical (unpaired) electrons. The fourth-order valence-corrected chi connectivity index (χ4v) is 11.2. The summed E-state index contributed by atoms with van der Waals surface area (Å²) >= 11 is 0. The lowest BCUT2D eigenvalue weighted by Gasteiger charge is -2.45. The maximum absolute atomic E-state index is 2.59. The average molecular weight is 779 g/mol. The maximum atomic E-state index is 2.59. The summed E-state index contributed by atoms with van der Waals surface area (Å²) in [4.78, 5) is 5.06. The van der Waals surface area contributed by atoms with E-state index in [1.807, 2.05) is 0 Å². The van der Waals surface area contributed by atoms with Crippen molar-refractivity contribution in [2.75, 3.05) is 16.3 Å². The molecule has 7 aromatic rings. The molecule has 0 atom stereocenters. The van der Waals surface area contributed by atoms with E-state index in [0.717, 1.165) is 25.8 Å². The van der Waals surface area contributed by atoms with Crippen LogP contribution < -0.4 is 9.80 Å². The number of fused-ring (bicyclic) bond motifs is 8. The molecule has 0 saturated heterocycles. The fourth-order valence-electron chi connectivity index (χ4n) is 11.2. The van der Waals surface area contributed by atoms with Crippen LogP contribution in [0.25, 0.3) is 45.5 Å². The van der Waals surface area contributed by atoms with Crippen molar-refractivity contribution < 1.29 is 0 Å². The van der Waals surface area contributed by atoms with Crippen molar-refractivity contribution in [1.82, 2.24) is 0 Å². The van der Waals surface area contributed by atoms with Gasteiger partial charge in [0.05, 0.1) is 0 Å². The molecule has 2 heterocycles. The molecule has 0 unspecified atom stereocenters. The predicted molar refractivity (Wildman–Crippen MR) is 255 cm³/mol. The number of benzene rings is 7. The van der Waals surface area contributed by atoms with Crippen molar-refractivity contribution in [3.05, 3.63) is 190 Å². The molecule has 296 valence electrons. The molecule has 60 heavy (non-hydrogen) atoms. The highest BCUT2D eigenvalue weighted by atomic mass is 15.2. The number of rotatable bonds is 5. The van der Waals surface area contributed by atoms with Gasteiger partial charge in [-0.15, -0.1) is 0 Å². The number of nitrogens with zero attached hydrogens (tertiary/aromatic N) is 2. The third-order valence-electron chi connectivity index (χ3n) is 14.6. The lowest BCUT2D eigenvalue weighted by atomic mass is 9.81. The molecule has 0 spiro atoms. The van der Waals surface area contributed by atoms with Crippen LogP contribution in [0.3, 0.4) is 0 Å². The zero-order valence-electron chi connectivity index (χ0n) is 35.9. The van der Waals surface area contributed by atoms with Gasteiger partial charge in [-0.3, -0.25) is 0 Å². The van der Waals surface area contributed by atoms with Gasteiger partial charge in [-0.05, 0) is 160 Å². The normalized spacial score (nSPS) is 17.4. The minimum atomic E-state index is -0.103. The van der Waals surface area contributed by atoms with Crippen molar-refractivity contribution in [2.45, 2.75) is 83.6 Å². The van der Waals surface area contributed by atoms with Crippen molar-refractivity contribution in [3.63, 3.8) is 0 Å². The fraction of sp³-hybridized carbons (Fsp3) is 0.241. The van der Waals surface area contributed by atoms with Crippen LogP contribution in [0.5, 0.6) is 0 Å². The molecule has 0 aromatic heterocycles. The zero-order valence-corrected chi connectivity index (χ0v) is 35.9. The first-order chi connectivity index (χ1) is 29.0. The van der Waals surface area contributed by atoms with Crippen LogP contribution in [-0.2, 0) is 23.7 Å². The van der Waals surface area contributed by atoms with Crippen LogP contribution in [0.15, 0.2) is 146 Å². The van der Waals surface area contributed by atoms with Gasteiger partial charge >= 0.3 is 0 Å². The van der Waals surface area contributed by atoms with Gasteiger partial charge < -0.3 is 9.80 Å². The molecule has 2 nitrogen and oxygen atoms in total. The van der Waals surface area contributed by atoms with Gasteiger partial charge in [0, 0.05) is 45.7 Å². The number of anilines is 4. The molecule has 2 heteroatoms. The van der Waals surface area contributed by atoms with E-state index in [2.05, 4.69) is 209 Å². The third kappa shape index (κ3) is 5.75. The average Bonchev–Trinajstić information content (AvgIpc) is 3.63. The molecule has 0 fully saturated rings. The second-order valence-corrected chi connectivity index (χ2v) is 19.4. The summed E-state index contributed by atoms with van der Waals surface area (Å²) < 4.78 is 0. The Bertz CT molecular complexity index is 2890. The topological polar surface area (TPSA) is 6.48 Å². The van der Waals surface area contributed by atoms with Gasteiger partial charge in [0.1, 0.15) is 0 Å². The van der Waals surface area contributed by atoms with E-state index in [1.54, 1.807) is 0 Å². The Labute approximate surface area is 356 Å². The molecule has 2 aliphatic carbocycles. The first kappa shape index (κ1) is 36.9. The Hall–Kier alpha value is -6.12. The molecule has 11 rings (SSSR count). The highest BCUT2D eigenvalue weighted by Gasteiger charge is 2.39. The van der Waals surface area contributed by atoms with Gasteiger partial charge in [0.15, 0.2) is 0 Å². The summed E-state index contributed by atoms with van der Waals surface area (Å²) in [5, 5.41) is 0. The molecular formula is C58H54N2. The summed E-state index contributed by atoms with van der Waals surface area (Å²) in [7, 11) is 0. The maximum Gasteiger partial charge on any atom is 0.0448 e. The van der Waals surface area contributed by atoms with E-state index in [4.69, 9.17) is 0 Å². The minimum Gasteiger partial charge on any atom is -0.341 e. The summed E-state index contributed by atoms with van der Waals surface area (Å²) in [6, 6.07) is 55.5. The van der Waals surface area contributed by atoms with E-state index < -0.39 is 0 Å². The largest absolute Gasteiger partial charge is 0.341 e. The van der Waals surface area contributed by atoms with E-state index in [1.165, 1.54) is 107 Å². The number of para-hydroxylation sites is 2. The summed E-state index contributed by atoms with van der Waals surface area (Å²) in [6.07, 6.45) is 9.22. The van der Waals surface area contributed by atoms with Crippen LogP contribution >= 0.6 is 0 Å². The van der Waals surface area contributed by atoms with E-state index in [9.17, 15) is 0 Å². The lowest BCUT2D eigenvalue weighted by Crippen LogP contribution is -2.44. The van der Waals surface area contributed by atoms with Gasteiger partial charge in [-0.1, -0.05) is 143 Å². The van der Waals surface area contributed by atoms with Crippen LogP contribution in [0.1, 0.15) is 98.9 Å². The Balaban J connectivity index is 0.844. The second-order valence-electron chi connectivity index (χ2n) is 19.4. The first-order valence-corrected chi connectivity index (χ1v) is 22.1. The Morgan fingerprint density at radius 1 is 0.450 bits per heavy atom. The SMILES string of the molecule is CC1(C)c2cc(/C=C/c3ccc4c(c3)C(C)(C)c3cc(N5c6ccccc6CCC5(C)C)ccc3-4)ccc2-c2ccc(-c3ccc(N4CCCc5ccccc54)cc3)cc21. The number of hydrogen-bond donors (Lipinski definition) is 0. The lowest BCUT2D eigenvalue weighted by molar-refractivity contribution is 0.447. The third-order valence-corrected chi connectivity index (χ3v) is 14.6. The van der Waals surface area contributed by atoms with Gasteiger partial charge in [-0.25, -0.2) is 0 Å². The van der Waals surface area contributed by atoms with Crippen molar-refractivity contribution in [1.29, 1.82) is 0 Å². The van der Waals surface area contributed by atoms with Gasteiger partial charge in [0.2, 0.25) is 0 Å². The van der Waals surface area contributed by atoms with Crippen LogP contribution in [-0.4, -0.2) is 12.1 Å². The highest BCUT2D eigenvalue weighted by Crippen LogP contribution is 2.53. The predicted octanol–water partition coefficient (Wildman–Crippen LogP) is 15.1. The molecule has 0 saturated carbocycles. The number of aryl methyl sites for hydroxylation is 2. The standard InChI is InChI=1S/C58H54N2/c1-56(2)32-31-42-13-8-10-16-55(42)60(56)45-26-30-49-47-28-20-39(35-51(47)58(5,6)53(49)37-45)18-17-38-19-27-46-48-29-23-43(36-52(48)57(3,4)50(46)34-38)40-21-24-44(25-22-40)59-33-11-14-41-12-7-9-15-54(41)59/h7-10,12-13,15-30,34-37H,11,14,31-33H2,1-6H3/b18-17+. The smallest absolute Gasteiger partial charge is 0.0448 e. The van der Waals surface area contributed by atoms with E-state index >= 15 is 0 Å². The quantitative estimate of drug-likeness (QED) is 0.161. The van der Waals surface area contributed by atoms with E-state index in [-0.39, 0.29) is 16.4 Å². The molecular weight excluding hydrogens is 725 g/mol. The summed E-state index contributed by atoms with van der Waals surface area (Å²) in [5.74, 6) is 0. The Morgan fingerprint density at radius 3 is 1.60 bits per heavy atom. The van der Waals surface area contributed by atoms with Crippen molar-refractivity contribution >= 4 is 34.9 Å². The second kappa shape index (κ2) is 13.4. The van der Waals surface area contributed by atoms with Crippen LogP contribution in [0.4, 0.5) is 22.7 Å². The van der Waals surface area contributed by atoms with Gasteiger partial charge in [-0.2, -0.15) is 0 Å². The molecule has 2 aliphatic heterocycles. The van der Waals surface area contributed by atoms with Crippen LogP contribution in [0, 0.1) is 0 Å². The van der Waals surface area contributed by atoms with Crippen molar-refractivity contribution in [2.24, 2.45) is 0 Å². The summed E-state index contributed by atoms with van der Waals surface area (Å²) in [6.45, 7) is 15.4. The molecule has 0 N–H and O–H groups in total. The first-order valence-electron chi connectivity index (χ1n) is 22.1. The van der Waals surface area contributed by atoms with Crippen LogP contribution in [0.2, 0.25) is 0 Å². The number of hydrogen-bond acceptors (Lipinski definition) is 2. The zero-order chi connectivity index (χ0) is 41.0. The van der Waals surface area contributed by atoms with Crippen molar-refractivity contribution in [3.8, 4) is 33.4 Å². The monoisotopic (exact) mass is 778 g/mol. The van der Waals surface area contributed by atoms with E-state index in [0.29, 0.717) is 0 Å². The molecule has 0 bridgehead atoms. The summed E-state index contributed by atoms with van der Waals surface area (Å²) in [5.41, 5.74) is 24.1.